The molecular weight excluding hydrogens is 292 g/mol. The van der Waals surface area contributed by atoms with Crippen LogP contribution in [-0.2, 0) is 6.54 Å². The van der Waals surface area contributed by atoms with Gasteiger partial charge in [-0.25, -0.2) is 4.98 Å². The van der Waals surface area contributed by atoms with Gasteiger partial charge < -0.3 is 14.8 Å². The number of pyridine rings is 1. The van der Waals surface area contributed by atoms with Crippen molar-refractivity contribution < 1.29 is 14.3 Å². The summed E-state index contributed by atoms with van der Waals surface area (Å²) in [5.74, 6) is 1.09. The molecule has 0 unspecified atom stereocenters. The Labute approximate surface area is 136 Å². The van der Waals surface area contributed by atoms with Crippen LogP contribution in [0.2, 0.25) is 0 Å². The number of carbonyl (C=O) groups is 1. The molecule has 0 saturated carbocycles. The average molecular weight is 314 g/mol. The molecule has 0 fully saturated rings. The molecule has 0 spiro atoms. The number of nitrogens with zero attached hydrogens (tertiary/aromatic N) is 1. The first-order valence-electron chi connectivity index (χ1n) is 7.71. The summed E-state index contributed by atoms with van der Waals surface area (Å²) in [6.07, 6.45) is 1.69. The molecule has 23 heavy (non-hydrogen) atoms. The van der Waals surface area contributed by atoms with Crippen LogP contribution in [0.1, 0.15) is 36.7 Å². The number of nitrogens with one attached hydrogen (secondary N) is 1. The third kappa shape index (κ3) is 5.29. The lowest BCUT2D eigenvalue weighted by Crippen LogP contribution is -2.23. The van der Waals surface area contributed by atoms with E-state index in [0.717, 1.165) is 11.3 Å². The Morgan fingerprint density at radius 1 is 1.26 bits per heavy atom. The molecule has 5 nitrogen and oxygen atoms in total. The SMILES string of the molecule is CCOc1cc(C(=O)NCc2cccc(OC(C)C)c2)ccn1. The molecule has 0 aliphatic rings. The summed E-state index contributed by atoms with van der Waals surface area (Å²) in [4.78, 5) is 16.3. The van der Waals surface area contributed by atoms with Crippen molar-refractivity contribution in [1.29, 1.82) is 0 Å². The van der Waals surface area contributed by atoms with Crippen LogP contribution in [0.5, 0.6) is 11.6 Å². The largest absolute Gasteiger partial charge is 0.491 e. The molecule has 0 bridgehead atoms. The van der Waals surface area contributed by atoms with Gasteiger partial charge in [0.1, 0.15) is 5.75 Å². The summed E-state index contributed by atoms with van der Waals surface area (Å²) in [6.45, 7) is 6.78. The van der Waals surface area contributed by atoms with Gasteiger partial charge in [0.25, 0.3) is 5.91 Å². The van der Waals surface area contributed by atoms with Crippen molar-refractivity contribution in [2.45, 2.75) is 33.4 Å². The minimum absolute atomic E-state index is 0.119. The van der Waals surface area contributed by atoms with E-state index in [1.54, 1.807) is 18.3 Å². The van der Waals surface area contributed by atoms with E-state index in [4.69, 9.17) is 9.47 Å². The Hall–Kier alpha value is -2.56. The molecular formula is C18H22N2O3. The molecule has 0 aliphatic heterocycles. The van der Waals surface area contributed by atoms with Gasteiger partial charge in [-0.15, -0.1) is 0 Å². The van der Waals surface area contributed by atoms with Crippen molar-refractivity contribution in [3.8, 4) is 11.6 Å². The third-order valence-corrected chi connectivity index (χ3v) is 3.01. The quantitative estimate of drug-likeness (QED) is 0.852. The molecule has 0 radical (unpaired) electrons. The van der Waals surface area contributed by atoms with Crippen LogP contribution in [0, 0.1) is 0 Å². The van der Waals surface area contributed by atoms with E-state index in [9.17, 15) is 4.79 Å². The molecule has 1 heterocycles. The molecule has 1 N–H and O–H groups in total. The van der Waals surface area contributed by atoms with Crippen LogP contribution >= 0.6 is 0 Å². The smallest absolute Gasteiger partial charge is 0.251 e. The van der Waals surface area contributed by atoms with Gasteiger partial charge in [0.15, 0.2) is 0 Å². The Morgan fingerprint density at radius 3 is 2.83 bits per heavy atom. The van der Waals surface area contributed by atoms with E-state index < -0.39 is 0 Å². The van der Waals surface area contributed by atoms with E-state index in [-0.39, 0.29) is 12.0 Å². The summed E-state index contributed by atoms with van der Waals surface area (Å²) in [6, 6.07) is 11.0. The highest BCUT2D eigenvalue weighted by Crippen LogP contribution is 2.15. The van der Waals surface area contributed by atoms with Gasteiger partial charge >= 0.3 is 0 Å². The second-order valence-electron chi connectivity index (χ2n) is 5.31. The maximum Gasteiger partial charge on any atom is 0.251 e. The number of rotatable bonds is 7. The van der Waals surface area contributed by atoms with E-state index in [0.29, 0.717) is 24.6 Å². The number of carbonyl (C=O) groups excluding carboxylic acids is 1. The van der Waals surface area contributed by atoms with E-state index in [1.165, 1.54) is 0 Å². The van der Waals surface area contributed by atoms with Gasteiger partial charge in [0, 0.05) is 24.4 Å². The molecule has 2 rings (SSSR count). The van der Waals surface area contributed by atoms with Gasteiger partial charge in [-0.2, -0.15) is 0 Å². The summed E-state index contributed by atoms with van der Waals surface area (Å²) >= 11 is 0. The fourth-order valence-corrected chi connectivity index (χ4v) is 2.06. The summed E-state index contributed by atoms with van der Waals surface area (Å²) in [5.41, 5.74) is 1.51. The molecule has 122 valence electrons. The van der Waals surface area contributed by atoms with Crippen LogP contribution in [0.25, 0.3) is 0 Å². The van der Waals surface area contributed by atoms with Crippen LogP contribution in [0.3, 0.4) is 0 Å². The summed E-state index contributed by atoms with van der Waals surface area (Å²) in [5, 5.41) is 2.89. The predicted octanol–water partition coefficient (Wildman–Crippen LogP) is 3.20. The average Bonchev–Trinajstić information content (AvgIpc) is 2.53. The Balaban J connectivity index is 1.97. The zero-order chi connectivity index (χ0) is 16.7. The lowest BCUT2D eigenvalue weighted by molar-refractivity contribution is 0.0950. The summed E-state index contributed by atoms with van der Waals surface area (Å²) in [7, 11) is 0. The molecule has 1 aromatic heterocycles. The second kappa shape index (κ2) is 8.17. The van der Waals surface area contributed by atoms with E-state index in [2.05, 4.69) is 10.3 Å². The molecule has 1 aromatic carbocycles. The summed E-state index contributed by atoms with van der Waals surface area (Å²) < 4.78 is 11.0. The Bertz CT molecular complexity index is 656. The number of amides is 1. The molecule has 2 aromatic rings. The van der Waals surface area contributed by atoms with Gasteiger partial charge in [0.05, 0.1) is 12.7 Å². The highest BCUT2D eigenvalue weighted by molar-refractivity contribution is 5.94. The number of hydrogen-bond donors (Lipinski definition) is 1. The Kier molecular flexibility index (Phi) is 5.97. The van der Waals surface area contributed by atoms with Crippen LogP contribution in [-0.4, -0.2) is 23.6 Å². The monoisotopic (exact) mass is 314 g/mol. The zero-order valence-corrected chi connectivity index (χ0v) is 13.7. The van der Waals surface area contributed by atoms with Crippen molar-refractivity contribution in [3.05, 3.63) is 53.7 Å². The topological polar surface area (TPSA) is 60.5 Å². The zero-order valence-electron chi connectivity index (χ0n) is 13.7. The molecule has 5 heteroatoms. The highest BCUT2D eigenvalue weighted by atomic mass is 16.5. The van der Waals surface area contributed by atoms with Gasteiger partial charge in [-0.3, -0.25) is 4.79 Å². The third-order valence-electron chi connectivity index (χ3n) is 3.01. The number of hydrogen-bond acceptors (Lipinski definition) is 4. The van der Waals surface area contributed by atoms with Gasteiger partial charge in [0.2, 0.25) is 5.88 Å². The first kappa shape index (κ1) is 16.8. The maximum absolute atomic E-state index is 12.2. The van der Waals surface area contributed by atoms with Crippen molar-refractivity contribution in [1.82, 2.24) is 10.3 Å². The second-order valence-corrected chi connectivity index (χ2v) is 5.31. The number of benzene rings is 1. The molecule has 0 saturated heterocycles. The standard InChI is InChI=1S/C18H22N2O3/c1-4-22-17-11-15(8-9-19-17)18(21)20-12-14-6-5-7-16(10-14)23-13(2)3/h5-11,13H,4,12H2,1-3H3,(H,20,21). The first-order chi connectivity index (χ1) is 11.1. The van der Waals surface area contributed by atoms with E-state index >= 15 is 0 Å². The highest BCUT2D eigenvalue weighted by Gasteiger charge is 2.08. The maximum atomic E-state index is 12.2. The lowest BCUT2D eigenvalue weighted by atomic mass is 10.2. The van der Waals surface area contributed by atoms with Crippen molar-refractivity contribution in [3.63, 3.8) is 0 Å². The van der Waals surface area contributed by atoms with Gasteiger partial charge in [-0.1, -0.05) is 12.1 Å². The fraction of sp³-hybridized carbons (Fsp3) is 0.333. The Morgan fingerprint density at radius 2 is 2.09 bits per heavy atom. The predicted molar refractivity (Wildman–Crippen MR) is 88.8 cm³/mol. The number of ether oxygens (including phenoxy) is 2. The number of aromatic nitrogens is 1. The van der Waals surface area contributed by atoms with Crippen molar-refractivity contribution >= 4 is 5.91 Å². The van der Waals surface area contributed by atoms with Crippen LogP contribution in [0.15, 0.2) is 42.6 Å². The van der Waals surface area contributed by atoms with Crippen LogP contribution < -0.4 is 14.8 Å². The van der Waals surface area contributed by atoms with Crippen molar-refractivity contribution in [2.24, 2.45) is 0 Å². The normalized spacial score (nSPS) is 10.4. The lowest BCUT2D eigenvalue weighted by Gasteiger charge is -2.11. The molecule has 0 atom stereocenters. The van der Waals surface area contributed by atoms with Crippen LogP contribution in [0.4, 0.5) is 0 Å². The molecule has 1 amide bonds. The molecule has 0 aliphatic carbocycles. The minimum atomic E-state index is -0.163. The first-order valence-corrected chi connectivity index (χ1v) is 7.71. The van der Waals surface area contributed by atoms with E-state index in [1.807, 2.05) is 45.0 Å². The van der Waals surface area contributed by atoms with Gasteiger partial charge in [-0.05, 0) is 44.5 Å². The fourth-order valence-electron chi connectivity index (χ4n) is 2.06. The minimum Gasteiger partial charge on any atom is -0.491 e. The van der Waals surface area contributed by atoms with Crippen molar-refractivity contribution in [2.75, 3.05) is 6.61 Å².